The Labute approximate surface area is 123 Å². The minimum Gasteiger partial charge on any atom is -0.360 e. The fourth-order valence-electron chi connectivity index (χ4n) is 2.28. The molecule has 0 atom stereocenters. The average Bonchev–Trinajstić information content (AvgIpc) is 2.72. The predicted octanol–water partition coefficient (Wildman–Crippen LogP) is 3.29. The summed E-state index contributed by atoms with van der Waals surface area (Å²) < 4.78 is 5.46. The van der Waals surface area contributed by atoms with E-state index >= 15 is 0 Å². The fourth-order valence-corrected chi connectivity index (χ4v) is 2.28. The highest BCUT2D eigenvalue weighted by atomic mass is 16.5. The first-order valence-electron chi connectivity index (χ1n) is 7.77. The van der Waals surface area contributed by atoms with Crippen molar-refractivity contribution in [1.29, 1.82) is 0 Å². The van der Waals surface area contributed by atoms with Crippen molar-refractivity contribution in [3.05, 3.63) is 17.5 Å². The molecule has 1 rings (SSSR count). The van der Waals surface area contributed by atoms with Gasteiger partial charge in [-0.2, -0.15) is 0 Å². The van der Waals surface area contributed by atoms with Crippen LogP contribution in [0, 0.1) is 11.8 Å². The van der Waals surface area contributed by atoms with E-state index in [-0.39, 0.29) is 0 Å². The molecule has 0 aliphatic heterocycles. The second-order valence-corrected chi connectivity index (χ2v) is 6.80. The minimum absolute atomic E-state index is 0.466. The lowest BCUT2D eigenvalue weighted by atomic mass is 10.1. The maximum absolute atomic E-state index is 5.46. The zero-order chi connectivity index (χ0) is 15.1. The van der Waals surface area contributed by atoms with E-state index in [1.807, 2.05) is 0 Å². The first-order chi connectivity index (χ1) is 9.36. The molecule has 20 heavy (non-hydrogen) atoms. The topological polar surface area (TPSA) is 41.3 Å². The molecule has 0 saturated heterocycles. The van der Waals surface area contributed by atoms with Gasteiger partial charge in [0.25, 0.3) is 0 Å². The molecule has 0 aromatic carbocycles. The van der Waals surface area contributed by atoms with Crippen molar-refractivity contribution in [3.8, 4) is 0 Å². The molecule has 0 saturated carbocycles. The van der Waals surface area contributed by atoms with Gasteiger partial charge in [0, 0.05) is 31.7 Å². The maximum Gasteiger partial charge on any atom is 0.151 e. The smallest absolute Gasteiger partial charge is 0.151 e. The first-order valence-corrected chi connectivity index (χ1v) is 7.77. The summed E-state index contributed by atoms with van der Waals surface area (Å²) in [4.78, 5) is 2.45. The van der Waals surface area contributed by atoms with Gasteiger partial charge in [0.05, 0.1) is 12.2 Å². The van der Waals surface area contributed by atoms with Crippen LogP contribution in [0.3, 0.4) is 0 Å². The van der Waals surface area contributed by atoms with Crippen LogP contribution in [-0.4, -0.2) is 29.2 Å². The zero-order valence-electron chi connectivity index (χ0n) is 13.9. The maximum atomic E-state index is 5.46. The van der Waals surface area contributed by atoms with Crippen molar-refractivity contribution in [2.45, 2.75) is 60.7 Å². The summed E-state index contributed by atoms with van der Waals surface area (Å²) >= 11 is 0. The number of nitrogens with one attached hydrogen (secondary N) is 1. The Morgan fingerprint density at radius 2 is 1.70 bits per heavy atom. The van der Waals surface area contributed by atoms with Crippen LogP contribution in [0.5, 0.6) is 0 Å². The Bertz CT molecular complexity index is 362. The van der Waals surface area contributed by atoms with Gasteiger partial charge < -0.3 is 9.84 Å². The van der Waals surface area contributed by atoms with Crippen LogP contribution in [-0.2, 0) is 13.1 Å². The van der Waals surface area contributed by atoms with Crippen LogP contribution in [0.25, 0.3) is 0 Å². The highest BCUT2D eigenvalue weighted by molar-refractivity contribution is 5.05. The van der Waals surface area contributed by atoms with E-state index in [0.29, 0.717) is 17.9 Å². The lowest BCUT2D eigenvalue weighted by Gasteiger charge is -2.24. The Kier molecular flexibility index (Phi) is 7.24. The number of hydrogen-bond donors (Lipinski definition) is 1. The van der Waals surface area contributed by atoms with Crippen LogP contribution in [0.15, 0.2) is 10.6 Å². The van der Waals surface area contributed by atoms with Gasteiger partial charge in [0.15, 0.2) is 5.76 Å². The Morgan fingerprint density at radius 3 is 2.20 bits per heavy atom. The van der Waals surface area contributed by atoms with Gasteiger partial charge in [-0.25, -0.2) is 0 Å². The lowest BCUT2D eigenvalue weighted by molar-refractivity contribution is 0.189. The Morgan fingerprint density at radius 1 is 1.10 bits per heavy atom. The third kappa shape index (κ3) is 7.06. The van der Waals surface area contributed by atoms with E-state index in [1.54, 1.807) is 0 Å². The third-order valence-electron chi connectivity index (χ3n) is 2.93. The summed E-state index contributed by atoms with van der Waals surface area (Å²) in [7, 11) is 0. The summed E-state index contributed by atoms with van der Waals surface area (Å²) in [5.74, 6) is 2.30. The van der Waals surface area contributed by atoms with E-state index in [1.165, 1.54) is 0 Å². The Hall–Kier alpha value is -0.870. The van der Waals surface area contributed by atoms with Gasteiger partial charge in [-0.3, -0.25) is 4.90 Å². The summed E-state index contributed by atoms with van der Waals surface area (Å²) in [6.07, 6.45) is 0. The molecule has 0 aliphatic rings. The Balaban J connectivity index is 2.54. The molecular weight excluding hydrogens is 250 g/mol. The van der Waals surface area contributed by atoms with Crippen molar-refractivity contribution >= 4 is 0 Å². The molecule has 0 unspecified atom stereocenters. The summed E-state index contributed by atoms with van der Waals surface area (Å²) in [6, 6.07) is 2.54. The molecule has 1 N–H and O–H groups in total. The van der Waals surface area contributed by atoms with Gasteiger partial charge in [0.1, 0.15) is 0 Å². The molecule has 1 aromatic rings. The predicted molar refractivity (Wildman–Crippen MR) is 83.4 cm³/mol. The van der Waals surface area contributed by atoms with Crippen LogP contribution in [0.2, 0.25) is 0 Å². The van der Waals surface area contributed by atoms with Crippen LogP contribution in [0.4, 0.5) is 0 Å². The van der Waals surface area contributed by atoms with Crippen molar-refractivity contribution in [2.75, 3.05) is 13.1 Å². The summed E-state index contributed by atoms with van der Waals surface area (Å²) in [5, 5.41) is 7.49. The SMILES string of the molecule is CC(C)CN(Cc1cc(CNC(C)C)no1)CC(C)C. The number of aromatic nitrogens is 1. The summed E-state index contributed by atoms with van der Waals surface area (Å²) in [5.41, 5.74) is 0.989. The number of hydrogen-bond acceptors (Lipinski definition) is 4. The van der Waals surface area contributed by atoms with Gasteiger partial charge in [0.2, 0.25) is 0 Å². The van der Waals surface area contributed by atoms with E-state index in [4.69, 9.17) is 4.52 Å². The molecule has 0 radical (unpaired) electrons. The molecule has 4 nitrogen and oxygen atoms in total. The highest BCUT2D eigenvalue weighted by Gasteiger charge is 2.13. The van der Waals surface area contributed by atoms with E-state index in [0.717, 1.165) is 37.6 Å². The van der Waals surface area contributed by atoms with Crippen molar-refractivity contribution in [3.63, 3.8) is 0 Å². The minimum atomic E-state index is 0.466. The standard InChI is InChI=1S/C16H31N3O/c1-12(2)9-19(10-13(3)4)11-16-7-15(18-20-16)8-17-14(5)6/h7,12-14,17H,8-11H2,1-6H3. The van der Waals surface area contributed by atoms with Crippen molar-refractivity contribution < 1.29 is 4.52 Å². The van der Waals surface area contributed by atoms with Crippen LogP contribution >= 0.6 is 0 Å². The zero-order valence-corrected chi connectivity index (χ0v) is 13.9. The number of rotatable bonds is 9. The second kappa shape index (κ2) is 8.42. The molecule has 4 heteroatoms. The molecule has 0 spiro atoms. The molecule has 1 heterocycles. The van der Waals surface area contributed by atoms with Gasteiger partial charge in [-0.1, -0.05) is 46.7 Å². The summed E-state index contributed by atoms with van der Waals surface area (Å²) in [6.45, 7) is 17.1. The van der Waals surface area contributed by atoms with Crippen LogP contribution < -0.4 is 5.32 Å². The fraction of sp³-hybridized carbons (Fsp3) is 0.812. The van der Waals surface area contributed by atoms with Crippen molar-refractivity contribution in [2.24, 2.45) is 11.8 Å². The third-order valence-corrected chi connectivity index (χ3v) is 2.93. The largest absolute Gasteiger partial charge is 0.360 e. The lowest BCUT2D eigenvalue weighted by Crippen LogP contribution is -2.30. The monoisotopic (exact) mass is 281 g/mol. The van der Waals surface area contributed by atoms with Gasteiger partial charge >= 0.3 is 0 Å². The van der Waals surface area contributed by atoms with E-state index in [9.17, 15) is 0 Å². The number of nitrogens with zero attached hydrogens (tertiary/aromatic N) is 2. The van der Waals surface area contributed by atoms with Gasteiger partial charge in [-0.15, -0.1) is 0 Å². The quantitative estimate of drug-likeness (QED) is 0.754. The normalized spacial score (nSPS) is 12.3. The molecule has 0 aliphatic carbocycles. The average molecular weight is 281 g/mol. The van der Waals surface area contributed by atoms with Crippen molar-refractivity contribution in [1.82, 2.24) is 15.4 Å². The first kappa shape index (κ1) is 17.2. The molecule has 0 bridgehead atoms. The van der Waals surface area contributed by atoms with E-state index < -0.39 is 0 Å². The molecule has 1 aromatic heterocycles. The molecule has 0 fully saturated rings. The van der Waals surface area contributed by atoms with E-state index in [2.05, 4.69) is 63.0 Å². The molecule has 116 valence electrons. The highest BCUT2D eigenvalue weighted by Crippen LogP contribution is 2.11. The molecule has 0 amide bonds. The van der Waals surface area contributed by atoms with Crippen LogP contribution in [0.1, 0.15) is 53.0 Å². The molecular formula is C16H31N3O. The van der Waals surface area contributed by atoms with Gasteiger partial charge in [-0.05, 0) is 11.8 Å². The second-order valence-electron chi connectivity index (χ2n) is 6.80.